The molecular weight excluding hydrogens is 389 g/mol. The van der Waals surface area contributed by atoms with E-state index in [1.807, 2.05) is 23.0 Å². The average molecular weight is 413 g/mol. The van der Waals surface area contributed by atoms with Gasteiger partial charge in [-0.05, 0) is 18.6 Å². The summed E-state index contributed by atoms with van der Waals surface area (Å²) >= 11 is 0. The van der Waals surface area contributed by atoms with Gasteiger partial charge in [0, 0.05) is 32.5 Å². The van der Waals surface area contributed by atoms with Crippen LogP contribution in [0, 0.1) is 0 Å². The summed E-state index contributed by atoms with van der Waals surface area (Å²) in [6, 6.07) is 12.3. The molecule has 0 saturated carbocycles. The average Bonchev–Trinajstić information content (AvgIpc) is 3.00. The fourth-order valence-electron chi connectivity index (χ4n) is 2.09. The lowest BCUT2D eigenvalue weighted by molar-refractivity contribution is 0.475. The van der Waals surface area contributed by atoms with Crippen molar-refractivity contribution in [2.75, 3.05) is 20.1 Å². The van der Waals surface area contributed by atoms with E-state index in [9.17, 15) is 0 Å². The van der Waals surface area contributed by atoms with Gasteiger partial charge in [-0.1, -0.05) is 30.3 Å². The van der Waals surface area contributed by atoms with Gasteiger partial charge in [-0.3, -0.25) is 9.67 Å². The van der Waals surface area contributed by atoms with Crippen LogP contribution >= 0.6 is 24.0 Å². The van der Waals surface area contributed by atoms with Crippen LogP contribution in [0.1, 0.15) is 12.5 Å². The summed E-state index contributed by atoms with van der Waals surface area (Å²) in [5, 5.41) is 7.51. The first-order valence-electron chi connectivity index (χ1n) is 7.30. The van der Waals surface area contributed by atoms with Crippen molar-refractivity contribution in [1.82, 2.24) is 20.0 Å². The third-order valence-corrected chi connectivity index (χ3v) is 3.11. The van der Waals surface area contributed by atoms with Crippen LogP contribution in [0.15, 0.2) is 53.8 Å². The van der Waals surface area contributed by atoms with E-state index >= 15 is 0 Å². The normalized spacial score (nSPS) is 10.9. The summed E-state index contributed by atoms with van der Waals surface area (Å²) in [4.78, 5) is 6.80. The first-order valence-corrected chi connectivity index (χ1v) is 7.30. The molecule has 0 fully saturated rings. The molecule has 0 bridgehead atoms. The smallest absolute Gasteiger partial charge is 0.194 e. The third-order valence-electron chi connectivity index (χ3n) is 3.11. The maximum Gasteiger partial charge on any atom is 0.194 e. The number of aliphatic imine (C=N–C) groups is 1. The predicted molar refractivity (Wildman–Crippen MR) is 102 cm³/mol. The van der Waals surface area contributed by atoms with E-state index in [1.165, 1.54) is 5.56 Å². The number of guanidine groups is 1. The van der Waals surface area contributed by atoms with Gasteiger partial charge >= 0.3 is 0 Å². The SMILES string of the molecule is CCNC(=NCCn1cccn1)N(C)Cc1ccccc1.I. The molecule has 1 aromatic heterocycles. The Kier molecular flexibility index (Phi) is 8.57. The first-order chi connectivity index (χ1) is 10.3. The largest absolute Gasteiger partial charge is 0.357 e. The fraction of sp³-hybridized carbons (Fsp3) is 0.375. The summed E-state index contributed by atoms with van der Waals surface area (Å²) in [7, 11) is 2.06. The number of nitrogens with zero attached hydrogens (tertiary/aromatic N) is 4. The van der Waals surface area contributed by atoms with Crippen LogP contribution in [-0.4, -0.2) is 40.8 Å². The van der Waals surface area contributed by atoms with Crippen LogP contribution in [0.4, 0.5) is 0 Å². The second kappa shape index (κ2) is 10.2. The Hall–Kier alpha value is -1.57. The molecule has 0 aliphatic carbocycles. The van der Waals surface area contributed by atoms with Crippen LogP contribution < -0.4 is 5.32 Å². The fourth-order valence-corrected chi connectivity index (χ4v) is 2.09. The van der Waals surface area contributed by atoms with E-state index in [0.717, 1.165) is 25.6 Å². The minimum absolute atomic E-state index is 0. The molecule has 0 radical (unpaired) electrons. The van der Waals surface area contributed by atoms with Gasteiger partial charge in [0.15, 0.2) is 5.96 Å². The standard InChI is InChI=1S/C16H23N5.HI/c1-3-17-16(18-11-13-21-12-7-10-19-21)20(2)14-15-8-5-4-6-9-15;/h4-10,12H,3,11,13-14H2,1-2H3,(H,17,18);1H. The van der Waals surface area contributed by atoms with Crippen molar-refractivity contribution in [3.05, 3.63) is 54.4 Å². The Morgan fingerprint density at radius 1 is 1.27 bits per heavy atom. The van der Waals surface area contributed by atoms with Gasteiger partial charge in [0.25, 0.3) is 0 Å². The molecule has 2 rings (SSSR count). The van der Waals surface area contributed by atoms with Gasteiger partial charge in [-0.25, -0.2) is 0 Å². The van der Waals surface area contributed by atoms with E-state index in [1.54, 1.807) is 6.20 Å². The minimum atomic E-state index is 0. The Balaban J connectivity index is 0.00000242. The van der Waals surface area contributed by atoms with Gasteiger partial charge in [0.1, 0.15) is 0 Å². The molecule has 0 spiro atoms. The number of nitrogens with one attached hydrogen (secondary N) is 1. The molecule has 6 heteroatoms. The number of aromatic nitrogens is 2. The van der Waals surface area contributed by atoms with Crippen molar-refractivity contribution in [2.45, 2.75) is 20.0 Å². The van der Waals surface area contributed by atoms with E-state index in [2.05, 4.69) is 58.5 Å². The summed E-state index contributed by atoms with van der Waals surface area (Å²) in [5.41, 5.74) is 1.28. The third kappa shape index (κ3) is 6.05. The van der Waals surface area contributed by atoms with Crippen LogP contribution in [0.25, 0.3) is 0 Å². The van der Waals surface area contributed by atoms with Crippen molar-refractivity contribution in [3.63, 3.8) is 0 Å². The zero-order valence-corrected chi connectivity index (χ0v) is 15.5. The maximum absolute atomic E-state index is 4.66. The zero-order valence-electron chi connectivity index (χ0n) is 13.1. The van der Waals surface area contributed by atoms with E-state index in [-0.39, 0.29) is 24.0 Å². The predicted octanol–water partition coefficient (Wildman–Crippen LogP) is 2.60. The van der Waals surface area contributed by atoms with Crippen LogP contribution in [0.3, 0.4) is 0 Å². The summed E-state index contributed by atoms with van der Waals surface area (Å²) < 4.78 is 1.89. The number of benzene rings is 1. The van der Waals surface area contributed by atoms with E-state index in [4.69, 9.17) is 0 Å². The van der Waals surface area contributed by atoms with Gasteiger partial charge in [-0.15, -0.1) is 24.0 Å². The summed E-state index contributed by atoms with van der Waals surface area (Å²) in [6.07, 6.45) is 3.74. The van der Waals surface area contributed by atoms with Crippen molar-refractivity contribution < 1.29 is 0 Å². The Labute approximate surface area is 149 Å². The monoisotopic (exact) mass is 413 g/mol. The van der Waals surface area contributed by atoms with Crippen molar-refractivity contribution in [3.8, 4) is 0 Å². The second-order valence-corrected chi connectivity index (χ2v) is 4.85. The molecule has 0 aliphatic rings. The van der Waals surface area contributed by atoms with Crippen LogP contribution in [0.2, 0.25) is 0 Å². The highest BCUT2D eigenvalue weighted by Crippen LogP contribution is 2.02. The quantitative estimate of drug-likeness (QED) is 0.450. The van der Waals surface area contributed by atoms with Gasteiger partial charge in [-0.2, -0.15) is 5.10 Å². The van der Waals surface area contributed by atoms with E-state index < -0.39 is 0 Å². The highest BCUT2D eigenvalue weighted by atomic mass is 127. The molecule has 120 valence electrons. The van der Waals surface area contributed by atoms with Gasteiger partial charge < -0.3 is 10.2 Å². The second-order valence-electron chi connectivity index (χ2n) is 4.85. The lowest BCUT2D eigenvalue weighted by Crippen LogP contribution is -2.38. The van der Waals surface area contributed by atoms with Crippen molar-refractivity contribution >= 4 is 29.9 Å². The minimum Gasteiger partial charge on any atom is -0.357 e. The highest BCUT2D eigenvalue weighted by Gasteiger charge is 2.05. The van der Waals surface area contributed by atoms with E-state index in [0.29, 0.717) is 6.54 Å². The van der Waals surface area contributed by atoms with Gasteiger partial charge in [0.2, 0.25) is 0 Å². The summed E-state index contributed by atoms with van der Waals surface area (Å²) in [5.74, 6) is 0.925. The van der Waals surface area contributed by atoms with Crippen LogP contribution in [0.5, 0.6) is 0 Å². The molecule has 0 saturated heterocycles. The van der Waals surface area contributed by atoms with Crippen molar-refractivity contribution in [1.29, 1.82) is 0 Å². The molecule has 2 aromatic rings. The molecule has 1 aromatic carbocycles. The molecule has 1 N–H and O–H groups in total. The number of halogens is 1. The van der Waals surface area contributed by atoms with Gasteiger partial charge in [0.05, 0.1) is 13.1 Å². The molecule has 5 nitrogen and oxygen atoms in total. The lowest BCUT2D eigenvalue weighted by Gasteiger charge is -2.22. The molecular formula is C16H24IN5. The topological polar surface area (TPSA) is 45.5 Å². The molecule has 0 aliphatic heterocycles. The first kappa shape index (κ1) is 18.5. The molecule has 0 atom stereocenters. The zero-order chi connectivity index (χ0) is 14.9. The highest BCUT2D eigenvalue weighted by molar-refractivity contribution is 14.0. The maximum atomic E-state index is 4.66. The summed E-state index contributed by atoms with van der Waals surface area (Å²) in [6.45, 7) is 5.29. The molecule has 0 unspecified atom stereocenters. The Morgan fingerprint density at radius 3 is 2.68 bits per heavy atom. The molecule has 1 heterocycles. The molecule has 0 amide bonds. The van der Waals surface area contributed by atoms with Crippen molar-refractivity contribution in [2.24, 2.45) is 4.99 Å². The lowest BCUT2D eigenvalue weighted by atomic mass is 10.2. The van der Waals surface area contributed by atoms with Crippen LogP contribution in [-0.2, 0) is 13.1 Å². The molecule has 22 heavy (non-hydrogen) atoms. The Bertz CT molecular complexity index is 539. The number of hydrogen-bond acceptors (Lipinski definition) is 2. The number of hydrogen-bond donors (Lipinski definition) is 1. The number of rotatable bonds is 6. The Morgan fingerprint density at radius 2 is 2.05 bits per heavy atom.